The number of anilines is 2. The van der Waals surface area contributed by atoms with Gasteiger partial charge in [-0.05, 0) is 18.9 Å². The van der Waals surface area contributed by atoms with E-state index in [1.807, 2.05) is 0 Å². The fraction of sp³-hybridized carbons (Fsp3) is 0.545. The normalized spacial score (nSPS) is 21.1. The topological polar surface area (TPSA) is 51.4 Å². The van der Waals surface area contributed by atoms with Crippen LogP contribution in [0.3, 0.4) is 0 Å². The molecule has 88 valence electrons. The molecule has 0 spiro atoms. The summed E-state index contributed by atoms with van der Waals surface area (Å²) in [5, 5.41) is 0.608. The fourth-order valence-electron chi connectivity index (χ4n) is 2.00. The zero-order chi connectivity index (χ0) is 11.5. The predicted octanol–water partition coefficient (Wildman–Crippen LogP) is 1.93. The number of pyridine rings is 1. The maximum absolute atomic E-state index is 6.13. The Bertz CT molecular complexity index is 372. The first-order valence-electron chi connectivity index (χ1n) is 5.39. The number of nitrogens with two attached hydrogens (primary N) is 1. The minimum Gasteiger partial charge on any atom is -0.397 e. The van der Waals surface area contributed by atoms with Crippen molar-refractivity contribution < 1.29 is 4.74 Å². The number of ether oxygens (including phenoxy) is 1. The van der Waals surface area contributed by atoms with Crippen LogP contribution in [0.5, 0.6) is 0 Å². The monoisotopic (exact) mass is 241 g/mol. The van der Waals surface area contributed by atoms with E-state index in [9.17, 15) is 0 Å². The number of piperidine rings is 1. The summed E-state index contributed by atoms with van der Waals surface area (Å²) < 4.78 is 5.37. The van der Waals surface area contributed by atoms with Gasteiger partial charge in [0.25, 0.3) is 0 Å². The van der Waals surface area contributed by atoms with E-state index in [0.29, 0.717) is 10.7 Å². The van der Waals surface area contributed by atoms with Gasteiger partial charge in [-0.2, -0.15) is 0 Å². The van der Waals surface area contributed by atoms with E-state index in [1.54, 1.807) is 19.4 Å². The lowest BCUT2D eigenvalue weighted by molar-refractivity contribution is 0.0891. The molecule has 0 radical (unpaired) electrons. The maximum Gasteiger partial charge on any atom is 0.147 e. The van der Waals surface area contributed by atoms with Crippen LogP contribution in [0.1, 0.15) is 12.8 Å². The van der Waals surface area contributed by atoms with Crippen molar-refractivity contribution in [2.45, 2.75) is 18.9 Å². The van der Waals surface area contributed by atoms with Crippen LogP contribution in [0.2, 0.25) is 5.02 Å². The molecule has 0 amide bonds. The Hall–Kier alpha value is -1.00. The predicted molar refractivity (Wildman–Crippen MR) is 65.9 cm³/mol. The van der Waals surface area contributed by atoms with E-state index in [2.05, 4.69) is 9.88 Å². The van der Waals surface area contributed by atoms with Crippen molar-refractivity contribution in [2.75, 3.05) is 30.8 Å². The summed E-state index contributed by atoms with van der Waals surface area (Å²) >= 11 is 6.13. The van der Waals surface area contributed by atoms with E-state index in [-0.39, 0.29) is 6.10 Å². The molecule has 1 aromatic rings. The molecule has 1 saturated heterocycles. The third-order valence-corrected chi connectivity index (χ3v) is 3.13. The van der Waals surface area contributed by atoms with E-state index < -0.39 is 0 Å². The molecule has 4 nitrogen and oxygen atoms in total. The number of hydrogen-bond donors (Lipinski definition) is 1. The third-order valence-electron chi connectivity index (χ3n) is 2.85. The number of aromatic nitrogens is 1. The molecule has 1 atom stereocenters. The van der Waals surface area contributed by atoms with Crippen molar-refractivity contribution in [3.63, 3.8) is 0 Å². The van der Waals surface area contributed by atoms with E-state index >= 15 is 0 Å². The summed E-state index contributed by atoms with van der Waals surface area (Å²) in [6, 6.07) is 1.74. The molecule has 1 aliphatic heterocycles. The van der Waals surface area contributed by atoms with Gasteiger partial charge in [-0.15, -0.1) is 0 Å². The van der Waals surface area contributed by atoms with E-state index in [4.69, 9.17) is 22.1 Å². The number of hydrogen-bond acceptors (Lipinski definition) is 4. The van der Waals surface area contributed by atoms with Crippen molar-refractivity contribution in [1.29, 1.82) is 0 Å². The van der Waals surface area contributed by atoms with Crippen LogP contribution in [0.15, 0.2) is 12.3 Å². The molecule has 16 heavy (non-hydrogen) atoms. The van der Waals surface area contributed by atoms with Gasteiger partial charge in [0, 0.05) is 20.2 Å². The summed E-state index contributed by atoms with van der Waals surface area (Å²) in [7, 11) is 1.74. The highest BCUT2D eigenvalue weighted by atomic mass is 35.5. The Morgan fingerprint density at radius 2 is 2.44 bits per heavy atom. The summed E-state index contributed by atoms with van der Waals surface area (Å²) in [6.45, 7) is 1.81. The van der Waals surface area contributed by atoms with Gasteiger partial charge in [0.05, 0.1) is 23.0 Å². The van der Waals surface area contributed by atoms with Gasteiger partial charge in [0.1, 0.15) is 5.82 Å². The van der Waals surface area contributed by atoms with Crippen LogP contribution < -0.4 is 10.6 Å². The van der Waals surface area contributed by atoms with Crippen LogP contribution in [0.4, 0.5) is 11.5 Å². The minimum absolute atomic E-state index is 0.268. The second-order valence-electron chi connectivity index (χ2n) is 4.02. The number of rotatable bonds is 2. The molecule has 2 heterocycles. The number of nitrogens with zero attached hydrogens (tertiary/aromatic N) is 2. The minimum atomic E-state index is 0.268. The molecule has 0 aliphatic carbocycles. The van der Waals surface area contributed by atoms with Crippen LogP contribution in [-0.2, 0) is 4.74 Å². The Labute approximate surface area is 100 Å². The van der Waals surface area contributed by atoms with E-state index in [1.165, 1.54) is 0 Å². The van der Waals surface area contributed by atoms with E-state index in [0.717, 1.165) is 31.7 Å². The van der Waals surface area contributed by atoms with Crippen molar-refractivity contribution in [1.82, 2.24) is 4.98 Å². The molecule has 0 saturated carbocycles. The molecular formula is C11H16ClN3O. The zero-order valence-electron chi connectivity index (χ0n) is 9.32. The molecule has 1 aromatic heterocycles. The van der Waals surface area contributed by atoms with Crippen molar-refractivity contribution in [3.05, 3.63) is 17.3 Å². The Morgan fingerprint density at radius 3 is 3.12 bits per heavy atom. The maximum atomic E-state index is 6.13. The number of nitrogen functional groups attached to an aromatic ring is 1. The first-order chi connectivity index (χ1) is 7.70. The summed E-state index contributed by atoms with van der Waals surface area (Å²) in [5.41, 5.74) is 6.21. The standard InChI is InChI=1S/C11H16ClN3O/c1-16-9-3-2-4-15(7-9)11-10(12)5-8(13)6-14-11/h5-6,9H,2-4,7,13H2,1H3/t9-/m1/s1. The second kappa shape index (κ2) is 4.89. The van der Waals surface area contributed by atoms with Gasteiger partial charge >= 0.3 is 0 Å². The molecule has 5 heteroatoms. The Balaban J connectivity index is 2.16. The second-order valence-corrected chi connectivity index (χ2v) is 4.43. The molecule has 1 fully saturated rings. The summed E-state index contributed by atoms with van der Waals surface area (Å²) in [6.07, 6.45) is 4.10. The van der Waals surface area contributed by atoms with Gasteiger partial charge in [-0.3, -0.25) is 0 Å². The third kappa shape index (κ3) is 2.39. The molecule has 0 unspecified atom stereocenters. The fourth-order valence-corrected chi connectivity index (χ4v) is 2.30. The van der Waals surface area contributed by atoms with Gasteiger partial charge in [-0.25, -0.2) is 4.98 Å². The molecule has 2 N–H and O–H groups in total. The average molecular weight is 242 g/mol. The Kier molecular flexibility index (Phi) is 3.51. The van der Waals surface area contributed by atoms with Gasteiger partial charge in [0.2, 0.25) is 0 Å². The molecule has 2 rings (SSSR count). The highest BCUT2D eigenvalue weighted by Gasteiger charge is 2.22. The number of halogens is 1. The first-order valence-corrected chi connectivity index (χ1v) is 5.77. The molecule has 0 aromatic carbocycles. The first kappa shape index (κ1) is 11.5. The lowest BCUT2D eigenvalue weighted by Crippen LogP contribution is -2.39. The van der Waals surface area contributed by atoms with Gasteiger partial charge in [0.15, 0.2) is 0 Å². The van der Waals surface area contributed by atoms with Gasteiger partial charge in [-0.1, -0.05) is 11.6 Å². The Morgan fingerprint density at radius 1 is 1.62 bits per heavy atom. The highest BCUT2D eigenvalue weighted by Crippen LogP contribution is 2.27. The average Bonchev–Trinajstić information content (AvgIpc) is 2.29. The summed E-state index contributed by atoms with van der Waals surface area (Å²) in [4.78, 5) is 6.44. The SMILES string of the molecule is CO[C@@H]1CCCN(c2ncc(N)cc2Cl)C1. The largest absolute Gasteiger partial charge is 0.397 e. The van der Waals surface area contributed by atoms with Crippen molar-refractivity contribution >= 4 is 23.1 Å². The van der Waals surface area contributed by atoms with Crippen LogP contribution in [0, 0.1) is 0 Å². The van der Waals surface area contributed by atoms with Gasteiger partial charge < -0.3 is 15.4 Å². The molecular weight excluding hydrogens is 226 g/mol. The van der Waals surface area contributed by atoms with Crippen molar-refractivity contribution in [2.24, 2.45) is 0 Å². The molecule has 0 bridgehead atoms. The summed E-state index contributed by atoms with van der Waals surface area (Å²) in [5.74, 6) is 0.803. The quantitative estimate of drug-likeness (QED) is 0.860. The molecule has 1 aliphatic rings. The smallest absolute Gasteiger partial charge is 0.147 e. The van der Waals surface area contributed by atoms with Crippen LogP contribution in [0.25, 0.3) is 0 Å². The lowest BCUT2D eigenvalue weighted by atomic mass is 10.1. The van der Waals surface area contributed by atoms with Crippen molar-refractivity contribution in [3.8, 4) is 0 Å². The lowest BCUT2D eigenvalue weighted by Gasteiger charge is -2.33. The zero-order valence-corrected chi connectivity index (χ0v) is 10.1. The van der Waals surface area contributed by atoms with Crippen LogP contribution >= 0.6 is 11.6 Å². The van der Waals surface area contributed by atoms with Crippen LogP contribution in [-0.4, -0.2) is 31.3 Å². The number of methoxy groups -OCH3 is 1. The highest BCUT2D eigenvalue weighted by molar-refractivity contribution is 6.33.